The van der Waals surface area contributed by atoms with Gasteiger partial charge in [-0.1, -0.05) is 34.6 Å². The summed E-state index contributed by atoms with van der Waals surface area (Å²) < 4.78 is 12.1. The first-order valence-electron chi connectivity index (χ1n) is 17.0. The third-order valence-electron chi connectivity index (χ3n) is 9.31. The van der Waals surface area contributed by atoms with Crippen LogP contribution < -0.4 is 9.64 Å². The van der Waals surface area contributed by atoms with E-state index >= 15 is 0 Å². The number of hydrogen-bond acceptors (Lipinski definition) is 3. The summed E-state index contributed by atoms with van der Waals surface area (Å²) in [4.78, 5) is 7.13. The number of rotatable bonds is 5. The second-order valence-corrected chi connectivity index (χ2v) is 17.0. The molecule has 0 N–H and O–H groups in total. The van der Waals surface area contributed by atoms with Gasteiger partial charge in [0.1, 0.15) is 0 Å². The molecule has 0 radical (unpaired) electrons. The first kappa shape index (κ1) is 33.3. The second kappa shape index (κ2) is 12.3. The van der Waals surface area contributed by atoms with Crippen molar-refractivity contribution in [3.05, 3.63) is 130 Å². The Morgan fingerprint density at radius 3 is 2.10 bits per heavy atom. The summed E-state index contributed by atoms with van der Waals surface area (Å²) in [5.74, 6) is 2.24. The van der Waals surface area contributed by atoms with Gasteiger partial charge in [0, 0.05) is 6.20 Å². The Hall–Kier alpha value is -4.21. The molecule has 254 valence electrons. The molecule has 0 aliphatic carbocycles. The summed E-state index contributed by atoms with van der Waals surface area (Å²) in [6.45, 7) is 18.9. The predicted molar refractivity (Wildman–Crippen MR) is 196 cm³/mol. The number of imidazole rings is 1. The Morgan fingerprint density at radius 1 is 0.735 bits per heavy atom. The fourth-order valence-corrected chi connectivity index (χ4v) is 7.80. The van der Waals surface area contributed by atoms with Crippen molar-refractivity contribution < 1.29 is 24.1 Å². The van der Waals surface area contributed by atoms with Crippen LogP contribution in [0.15, 0.2) is 97.2 Å². The molecule has 0 saturated heterocycles. The van der Waals surface area contributed by atoms with E-state index < -0.39 is 0 Å². The first-order chi connectivity index (χ1) is 23.2. The summed E-state index contributed by atoms with van der Waals surface area (Å²) in [5.41, 5.74) is 9.33. The van der Waals surface area contributed by atoms with Crippen LogP contribution in [0, 0.1) is 21.4 Å². The summed E-state index contributed by atoms with van der Waals surface area (Å²) in [5, 5.41) is 0. The number of pyridine rings is 1. The van der Waals surface area contributed by atoms with Crippen LogP contribution in [0.3, 0.4) is 0 Å². The number of benzene rings is 4. The van der Waals surface area contributed by atoms with Crippen LogP contribution in [-0.4, -0.2) is 20.7 Å². The number of anilines is 2. The number of nitrogens with zero attached hydrogens (tertiary/aromatic N) is 4. The molecule has 6 aromatic rings. The van der Waals surface area contributed by atoms with E-state index in [1.165, 1.54) is 16.7 Å². The van der Waals surface area contributed by atoms with Crippen LogP contribution in [0.2, 0.25) is 0 Å². The zero-order valence-electron chi connectivity index (χ0n) is 29.7. The van der Waals surface area contributed by atoms with Crippen LogP contribution in [0.4, 0.5) is 11.5 Å². The van der Waals surface area contributed by atoms with Gasteiger partial charge < -0.3 is 0 Å². The van der Waals surface area contributed by atoms with Crippen molar-refractivity contribution in [3.8, 4) is 22.9 Å². The van der Waals surface area contributed by atoms with Gasteiger partial charge in [0.05, 0.1) is 0 Å². The monoisotopic (exact) mass is 827 g/mol. The predicted octanol–water partition coefficient (Wildman–Crippen LogP) is 10.6. The maximum atomic E-state index is 6.53. The second-order valence-electron chi connectivity index (χ2n) is 16.0. The molecule has 49 heavy (non-hydrogen) atoms. The molecular formula is C43H44N4OPt-2. The van der Waals surface area contributed by atoms with E-state index in [0.717, 1.165) is 50.7 Å². The van der Waals surface area contributed by atoms with E-state index in [9.17, 15) is 0 Å². The van der Waals surface area contributed by atoms with E-state index in [1.807, 2.05) is 24.4 Å². The van der Waals surface area contributed by atoms with Gasteiger partial charge in [0.25, 0.3) is 0 Å². The number of ether oxygens (including phenoxy) is 1. The van der Waals surface area contributed by atoms with Gasteiger partial charge in [0.2, 0.25) is 0 Å². The molecule has 2 aromatic heterocycles. The minimum absolute atomic E-state index is 0.0282. The van der Waals surface area contributed by atoms with Gasteiger partial charge in [0.15, 0.2) is 0 Å². The molecule has 1 aliphatic heterocycles. The molecule has 7 rings (SSSR count). The van der Waals surface area contributed by atoms with Gasteiger partial charge in [-0.3, -0.25) is 0 Å². The van der Waals surface area contributed by atoms with Gasteiger partial charge in [-0.2, -0.15) is 0 Å². The van der Waals surface area contributed by atoms with Crippen LogP contribution in [0.1, 0.15) is 72.1 Å². The molecule has 0 atom stereocenters. The molecule has 6 heteroatoms. The molecule has 0 amide bonds. The quantitative estimate of drug-likeness (QED) is 0.162. The molecule has 0 spiro atoms. The van der Waals surface area contributed by atoms with E-state index in [2.05, 4.69) is 174 Å². The molecule has 0 unspecified atom stereocenters. The standard InChI is InChI=1S/C43H44N4O.Pt/c1-41(2,3)31-17-19-33(20-18-31)46-29-47(38-15-10-9-14-37(38)46)34-12-11-13-35(25-34)48-36-21-16-30-27-43(7,8)28-45(39(30)26-36)40-24-32(22-23-44-40)42(4,5)6;/h9-24H,27-28H2,1-8H3;/q-2;. The molecule has 3 heterocycles. The molecule has 1 aliphatic rings. The Labute approximate surface area is 301 Å². The minimum atomic E-state index is 0.0282. The van der Waals surface area contributed by atoms with Crippen LogP contribution in [-0.2, 0) is 36.6 Å². The zero-order valence-corrected chi connectivity index (χ0v) is 31.9. The van der Waals surface area contributed by atoms with Crippen molar-refractivity contribution in [2.24, 2.45) is 5.41 Å². The van der Waals surface area contributed by atoms with Crippen molar-refractivity contribution in [2.75, 3.05) is 11.4 Å². The average Bonchev–Trinajstić information content (AvgIpc) is 3.35. The van der Waals surface area contributed by atoms with Gasteiger partial charge in [-0.05, 0) is 17.0 Å². The topological polar surface area (TPSA) is 35.2 Å². The number of hydrogen-bond donors (Lipinski definition) is 0. The summed E-state index contributed by atoms with van der Waals surface area (Å²) in [6, 6.07) is 39.3. The zero-order chi connectivity index (χ0) is 34.7. The van der Waals surface area contributed by atoms with Gasteiger partial charge >= 0.3 is 245 Å². The fourth-order valence-electron chi connectivity index (χ4n) is 6.68. The third kappa shape index (κ3) is 6.58. The van der Waals surface area contributed by atoms with E-state index in [4.69, 9.17) is 9.72 Å². The molecule has 0 saturated carbocycles. The Balaban J connectivity index is 1.25. The third-order valence-corrected chi connectivity index (χ3v) is 10.3. The van der Waals surface area contributed by atoms with Crippen LogP contribution in [0.5, 0.6) is 11.5 Å². The Bertz CT molecular complexity index is 2230. The van der Waals surface area contributed by atoms with Crippen LogP contribution in [0.25, 0.3) is 22.4 Å². The van der Waals surface area contributed by atoms with Crippen molar-refractivity contribution in [1.29, 1.82) is 0 Å². The number of aromatic nitrogens is 3. The summed E-state index contributed by atoms with van der Waals surface area (Å²) in [6.07, 6.45) is 2.89. The average molecular weight is 828 g/mol. The van der Waals surface area contributed by atoms with Crippen LogP contribution >= 0.6 is 0 Å². The van der Waals surface area contributed by atoms with E-state index in [-0.39, 0.29) is 16.2 Å². The van der Waals surface area contributed by atoms with Crippen molar-refractivity contribution >= 4 is 22.5 Å². The van der Waals surface area contributed by atoms with Gasteiger partial charge in [-0.25, -0.2) is 0 Å². The maximum absolute atomic E-state index is 6.53. The number of fused-ring (bicyclic) bond motifs is 2. The SMILES string of the molecule is CC1(C)Cc2ccc(Oc3[c-]c(-n4[c](=[Pt])n(-c5ccc(C(C)(C)C)cc5)c5ccccc54)ccc3)[c-]c2N(c2cc(C(C)(C)C)ccn2)C1. The molecular weight excluding hydrogens is 784 g/mol. The molecule has 5 nitrogen and oxygen atoms in total. The molecule has 0 fully saturated rings. The normalized spacial score (nSPS) is 14.6. The van der Waals surface area contributed by atoms with Crippen molar-refractivity contribution in [1.82, 2.24) is 14.1 Å². The van der Waals surface area contributed by atoms with Gasteiger partial charge in [-0.15, -0.1) is 0 Å². The van der Waals surface area contributed by atoms with E-state index in [1.54, 1.807) is 0 Å². The van der Waals surface area contributed by atoms with Crippen molar-refractivity contribution in [2.45, 2.75) is 72.6 Å². The molecule has 0 bridgehead atoms. The Morgan fingerprint density at radius 2 is 1.41 bits per heavy atom. The summed E-state index contributed by atoms with van der Waals surface area (Å²) >= 11 is 2.43. The summed E-state index contributed by atoms with van der Waals surface area (Å²) in [7, 11) is 0. The first-order valence-corrected chi connectivity index (χ1v) is 18.1. The van der Waals surface area contributed by atoms with Crippen molar-refractivity contribution in [3.63, 3.8) is 0 Å². The fraction of sp³-hybridized carbons (Fsp3) is 0.302. The molecule has 4 aromatic carbocycles. The number of para-hydroxylation sites is 2. The Kier molecular flexibility index (Phi) is 8.35. The van der Waals surface area contributed by atoms with E-state index in [0.29, 0.717) is 11.5 Å².